The van der Waals surface area contributed by atoms with Crippen molar-refractivity contribution in [2.24, 2.45) is 0 Å². The number of ether oxygens (including phenoxy) is 1. The molecule has 0 spiro atoms. The predicted octanol–water partition coefficient (Wildman–Crippen LogP) is 1.26. The van der Waals surface area contributed by atoms with Gasteiger partial charge in [0, 0.05) is 25.2 Å². The lowest BCUT2D eigenvalue weighted by molar-refractivity contribution is 0.0303. The zero-order valence-electron chi connectivity index (χ0n) is 13.5. The van der Waals surface area contributed by atoms with Crippen molar-refractivity contribution in [2.45, 2.75) is 6.54 Å². The van der Waals surface area contributed by atoms with Crippen molar-refractivity contribution in [3.63, 3.8) is 0 Å². The normalized spacial score (nSPS) is 14.2. The molecule has 1 aromatic heterocycles. The topological polar surface area (TPSA) is 105 Å². The smallest absolute Gasteiger partial charge is 0.356 e. The molecule has 1 aromatic carbocycles. The Labute approximate surface area is 144 Å². The zero-order valence-corrected chi connectivity index (χ0v) is 13.5. The number of carbonyl (C=O) groups excluding carboxylic acids is 1. The van der Waals surface area contributed by atoms with Gasteiger partial charge < -0.3 is 20.1 Å². The highest BCUT2D eigenvalue weighted by Crippen LogP contribution is 2.12. The minimum absolute atomic E-state index is 0.00393. The van der Waals surface area contributed by atoms with Gasteiger partial charge in [0.1, 0.15) is 5.82 Å². The number of carboxylic acid groups (broad SMARTS) is 1. The molecule has 0 bridgehead atoms. The predicted molar refractivity (Wildman–Crippen MR) is 89.5 cm³/mol. The highest BCUT2D eigenvalue weighted by atomic mass is 16.5. The second kappa shape index (κ2) is 7.71. The minimum atomic E-state index is -1.12. The van der Waals surface area contributed by atoms with Gasteiger partial charge in [-0.25, -0.2) is 14.8 Å². The van der Waals surface area contributed by atoms with Crippen molar-refractivity contribution in [1.82, 2.24) is 14.9 Å². The van der Waals surface area contributed by atoms with Crippen LogP contribution in [-0.4, -0.2) is 58.2 Å². The molecule has 0 radical (unpaired) electrons. The Morgan fingerprint density at radius 2 is 2.00 bits per heavy atom. The molecule has 2 aromatic rings. The molecule has 1 amide bonds. The zero-order chi connectivity index (χ0) is 17.6. The summed E-state index contributed by atoms with van der Waals surface area (Å²) in [6, 6.07) is 7.37. The molecule has 1 aliphatic heterocycles. The van der Waals surface area contributed by atoms with E-state index in [-0.39, 0.29) is 11.6 Å². The third-order valence-corrected chi connectivity index (χ3v) is 3.82. The molecule has 0 aliphatic carbocycles. The van der Waals surface area contributed by atoms with Gasteiger partial charge in [-0.3, -0.25) is 4.79 Å². The highest BCUT2D eigenvalue weighted by Gasteiger charge is 2.18. The lowest BCUT2D eigenvalue weighted by Gasteiger charge is -2.27. The van der Waals surface area contributed by atoms with Crippen LogP contribution in [-0.2, 0) is 11.3 Å². The Kier molecular flexibility index (Phi) is 5.20. The SMILES string of the molecule is O=C(O)c1cnc(NCc2cccc(C(=O)N3CCOCC3)c2)cn1. The van der Waals surface area contributed by atoms with Crippen molar-refractivity contribution in [1.29, 1.82) is 0 Å². The maximum absolute atomic E-state index is 12.5. The number of hydrogen-bond acceptors (Lipinski definition) is 6. The minimum Gasteiger partial charge on any atom is -0.476 e. The third-order valence-electron chi connectivity index (χ3n) is 3.82. The summed E-state index contributed by atoms with van der Waals surface area (Å²) in [5, 5.41) is 11.9. The van der Waals surface area contributed by atoms with E-state index in [1.165, 1.54) is 12.4 Å². The Hall–Kier alpha value is -3.00. The first-order chi connectivity index (χ1) is 12.1. The van der Waals surface area contributed by atoms with E-state index in [9.17, 15) is 9.59 Å². The Morgan fingerprint density at radius 3 is 2.68 bits per heavy atom. The van der Waals surface area contributed by atoms with Crippen LogP contribution in [0.3, 0.4) is 0 Å². The van der Waals surface area contributed by atoms with Gasteiger partial charge in [-0.1, -0.05) is 12.1 Å². The quantitative estimate of drug-likeness (QED) is 0.843. The van der Waals surface area contributed by atoms with Crippen LogP contribution in [0.4, 0.5) is 5.82 Å². The number of aromatic carboxylic acids is 1. The summed E-state index contributed by atoms with van der Waals surface area (Å²) in [5.74, 6) is -0.654. The number of carbonyl (C=O) groups is 2. The molecule has 3 rings (SSSR count). The van der Waals surface area contributed by atoms with Gasteiger partial charge in [0.05, 0.1) is 25.6 Å². The molecule has 2 heterocycles. The summed E-state index contributed by atoms with van der Waals surface area (Å²) in [7, 11) is 0. The summed E-state index contributed by atoms with van der Waals surface area (Å²) >= 11 is 0. The van der Waals surface area contributed by atoms with E-state index >= 15 is 0 Å². The summed E-state index contributed by atoms with van der Waals surface area (Å²) in [6.07, 6.45) is 2.56. The maximum atomic E-state index is 12.5. The first-order valence-electron chi connectivity index (χ1n) is 7.88. The summed E-state index contributed by atoms with van der Waals surface area (Å²) in [4.78, 5) is 32.8. The monoisotopic (exact) mass is 342 g/mol. The van der Waals surface area contributed by atoms with Crippen LogP contribution in [0.2, 0.25) is 0 Å². The van der Waals surface area contributed by atoms with Crippen molar-refractivity contribution in [3.8, 4) is 0 Å². The van der Waals surface area contributed by atoms with Crippen LogP contribution in [0.15, 0.2) is 36.7 Å². The van der Waals surface area contributed by atoms with E-state index in [2.05, 4.69) is 15.3 Å². The third kappa shape index (κ3) is 4.30. The van der Waals surface area contributed by atoms with Crippen LogP contribution >= 0.6 is 0 Å². The van der Waals surface area contributed by atoms with E-state index < -0.39 is 5.97 Å². The number of morpholine rings is 1. The van der Waals surface area contributed by atoms with E-state index in [0.29, 0.717) is 44.2 Å². The van der Waals surface area contributed by atoms with Gasteiger partial charge >= 0.3 is 5.97 Å². The summed E-state index contributed by atoms with van der Waals surface area (Å²) in [5.41, 5.74) is 1.44. The highest BCUT2D eigenvalue weighted by molar-refractivity contribution is 5.94. The number of anilines is 1. The van der Waals surface area contributed by atoms with E-state index in [4.69, 9.17) is 9.84 Å². The van der Waals surface area contributed by atoms with Gasteiger partial charge in [-0.15, -0.1) is 0 Å². The number of nitrogens with one attached hydrogen (secondary N) is 1. The Morgan fingerprint density at radius 1 is 1.20 bits per heavy atom. The molecule has 1 aliphatic rings. The van der Waals surface area contributed by atoms with Gasteiger partial charge in [-0.2, -0.15) is 0 Å². The van der Waals surface area contributed by atoms with Crippen molar-refractivity contribution < 1.29 is 19.4 Å². The number of benzene rings is 1. The molecule has 1 saturated heterocycles. The number of aromatic nitrogens is 2. The number of carboxylic acids is 1. The van der Waals surface area contributed by atoms with Crippen LogP contribution < -0.4 is 5.32 Å². The molecule has 2 N–H and O–H groups in total. The fourth-order valence-corrected chi connectivity index (χ4v) is 2.49. The Bertz CT molecular complexity index is 757. The lowest BCUT2D eigenvalue weighted by atomic mass is 10.1. The standard InChI is InChI=1S/C17H18N4O4/c22-16(21-4-6-25-7-5-21)13-3-1-2-12(8-13)9-19-15-11-18-14(10-20-15)17(23)24/h1-3,8,10-11H,4-7,9H2,(H,19,20)(H,23,24). The average molecular weight is 342 g/mol. The molecule has 8 nitrogen and oxygen atoms in total. The maximum Gasteiger partial charge on any atom is 0.356 e. The second-order valence-corrected chi connectivity index (χ2v) is 5.55. The molecule has 25 heavy (non-hydrogen) atoms. The van der Waals surface area contributed by atoms with Crippen molar-refractivity contribution >= 4 is 17.7 Å². The van der Waals surface area contributed by atoms with Crippen LogP contribution in [0.25, 0.3) is 0 Å². The fourth-order valence-electron chi connectivity index (χ4n) is 2.49. The summed E-state index contributed by atoms with van der Waals surface area (Å²) in [6.45, 7) is 2.79. The first kappa shape index (κ1) is 16.8. The van der Waals surface area contributed by atoms with Gasteiger partial charge in [-0.05, 0) is 17.7 Å². The first-order valence-corrected chi connectivity index (χ1v) is 7.88. The van der Waals surface area contributed by atoms with E-state index in [0.717, 1.165) is 5.56 Å². The largest absolute Gasteiger partial charge is 0.476 e. The van der Waals surface area contributed by atoms with E-state index in [1.807, 2.05) is 18.2 Å². The molecular formula is C17H18N4O4. The van der Waals surface area contributed by atoms with E-state index in [1.54, 1.807) is 11.0 Å². The molecule has 0 saturated carbocycles. The number of hydrogen-bond donors (Lipinski definition) is 2. The Balaban J connectivity index is 1.63. The lowest BCUT2D eigenvalue weighted by Crippen LogP contribution is -2.40. The van der Waals surface area contributed by atoms with Crippen LogP contribution in [0.5, 0.6) is 0 Å². The molecule has 0 atom stereocenters. The van der Waals surface area contributed by atoms with Gasteiger partial charge in [0.25, 0.3) is 5.91 Å². The molecule has 0 unspecified atom stereocenters. The summed E-state index contributed by atoms with van der Waals surface area (Å²) < 4.78 is 5.27. The second-order valence-electron chi connectivity index (χ2n) is 5.55. The fraction of sp³-hybridized carbons (Fsp3) is 0.294. The van der Waals surface area contributed by atoms with Crippen molar-refractivity contribution in [2.75, 3.05) is 31.6 Å². The van der Waals surface area contributed by atoms with Crippen LogP contribution in [0.1, 0.15) is 26.4 Å². The molecular weight excluding hydrogens is 324 g/mol. The average Bonchev–Trinajstić information content (AvgIpc) is 2.67. The molecule has 8 heteroatoms. The molecule has 130 valence electrons. The molecule has 1 fully saturated rings. The van der Waals surface area contributed by atoms with Crippen LogP contribution in [0, 0.1) is 0 Å². The van der Waals surface area contributed by atoms with Crippen molar-refractivity contribution in [3.05, 3.63) is 53.5 Å². The number of rotatable bonds is 5. The number of amides is 1. The van der Waals surface area contributed by atoms with Gasteiger partial charge in [0.15, 0.2) is 5.69 Å². The van der Waals surface area contributed by atoms with Gasteiger partial charge in [0.2, 0.25) is 0 Å². The number of nitrogens with zero attached hydrogens (tertiary/aromatic N) is 3.